The third-order valence-electron chi connectivity index (χ3n) is 1.84. The Morgan fingerprint density at radius 1 is 1.64 bits per heavy atom. The maximum Gasteiger partial charge on any atom is 0.251 e. The van der Waals surface area contributed by atoms with Crippen LogP contribution in [0.15, 0.2) is 30.9 Å². The summed E-state index contributed by atoms with van der Waals surface area (Å²) in [5, 5.41) is 3.29. The molecule has 3 heteroatoms. The molecule has 1 rings (SSSR count). The van der Waals surface area contributed by atoms with Gasteiger partial charge < -0.3 is 5.32 Å². The van der Waals surface area contributed by atoms with Gasteiger partial charge in [-0.15, -0.1) is 6.58 Å². The summed E-state index contributed by atoms with van der Waals surface area (Å²) in [6.45, 7) is 5.88. The number of amides is 1. The van der Waals surface area contributed by atoms with Crippen molar-refractivity contribution in [3.8, 4) is 0 Å². The van der Waals surface area contributed by atoms with Gasteiger partial charge in [-0.1, -0.05) is 23.7 Å². The molecule has 0 aromatic heterocycles. The summed E-state index contributed by atoms with van der Waals surface area (Å²) < 4.78 is 0. The van der Waals surface area contributed by atoms with Crippen molar-refractivity contribution in [1.29, 1.82) is 0 Å². The first kappa shape index (κ1) is 10.8. The standard InChI is InChI=1S/C11H12ClNO/c1-3-6-13-11(14)9-5-4-8(2)10(12)7-9/h3-5,7H,1,6H2,2H3,(H,13,14). The maximum atomic E-state index is 11.4. The molecule has 0 atom stereocenters. The second-order valence-corrected chi connectivity index (χ2v) is 3.37. The highest BCUT2D eigenvalue weighted by Gasteiger charge is 2.05. The van der Waals surface area contributed by atoms with E-state index in [1.54, 1.807) is 18.2 Å². The Hall–Kier alpha value is -1.28. The lowest BCUT2D eigenvalue weighted by atomic mass is 10.1. The fraction of sp³-hybridized carbons (Fsp3) is 0.182. The number of carbonyl (C=O) groups excluding carboxylic acids is 1. The minimum atomic E-state index is -0.133. The van der Waals surface area contributed by atoms with Gasteiger partial charge >= 0.3 is 0 Å². The second-order valence-electron chi connectivity index (χ2n) is 2.96. The Balaban J connectivity index is 2.80. The van der Waals surface area contributed by atoms with Crippen molar-refractivity contribution < 1.29 is 4.79 Å². The Bertz CT molecular complexity index is 360. The molecule has 0 radical (unpaired) electrons. The molecular weight excluding hydrogens is 198 g/mol. The lowest BCUT2D eigenvalue weighted by Gasteiger charge is -2.03. The summed E-state index contributed by atoms with van der Waals surface area (Å²) >= 11 is 5.89. The summed E-state index contributed by atoms with van der Waals surface area (Å²) in [7, 11) is 0. The summed E-state index contributed by atoms with van der Waals surface area (Å²) in [5.74, 6) is -0.133. The van der Waals surface area contributed by atoms with Gasteiger partial charge in [0, 0.05) is 17.1 Å². The molecule has 0 fully saturated rings. The Morgan fingerprint density at radius 2 is 2.36 bits per heavy atom. The lowest BCUT2D eigenvalue weighted by molar-refractivity contribution is 0.0958. The van der Waals surface area contributed by atoms with E-state index in [-0.39, 0.29) is 5.91 Å². The number of rotatable bonds is 3. The van der Waals surface area contributed by atoms with Crippen LogP contribution in [0.1, 0.15) is 15.9 Å². The molecule has 0 aliphatic heterocycles. The second kappa shape index (κ2) is 4.82. The Labute approximate surface area is 88.6 Å². The highest BCUT2D eigenvalue weighted by atomic mass is 35.5. The Kier molecular flexibility index (Phi) is 3.72. The van der Waals surface area contributed by atoms with Gasteiger partial charge in [0.15, 0.2) is 0 Å². The predicted octanol–water partition coefficient (Wildman–Crippen LogP) is 2.56. The van der Waals surface area contributed by atoms with E-state index in [0.717, 1.165) is 5.56 Å². The first-order valence-electron chi connectivity index (χ1n) is 4.30. The SMILES string of the molecule is C=CCNC(=O)c1ccc(C)c(Cl)c1. The molecule has 0 aliphatic rings. The van der Waals surface area contributed by atoms with Crippen LogP contribution in [0.2, 0.25) is 5.02 Å². The van der Waals surface area contributed by atoms with E-state index in [4.69, 9.17) is 11.6 Å². The summed E-state index contributed by atoms with van der Waals surface area (Å²) in [5.41, 5.74) is 1.54. The van der Waals surface area contributed by atoms with Crippen LogP contribution in [0.4, 0.5) is 0 Å². The van der Waals surface area contributed by atoms with E-state index in [9.17, 15) is 4.79 Å². The number of halogens is 1. The van der Waals surface area contributed by atoms with Crippen molar-refractivity contribution >= 4 is 17.5 Å². The van der Waals surface area contributed by atoms with Gasteiger partial charge in [-0.05, 0) is 24.6 Å². The maximum absolute atomic E-state index is 11.4. The van der Waals surface area contributed by atoms with E-state index in [1.165, 1.54) is 0 Å². The van der Waals surface area contributed by atoms with E-state index in [1.807, 2.05) is 13.0 Å². The molecule has 0 saturated heterocycles. The summed E-state index contributed by atoms with van der Waals surface area (Å²) in [4.78, 5) is 11.4. The van der Waals surface area contributed by atoms with Crippen LogP contribution in [0.3, 0.4) is 0 Å². The van der Waals surface area contributed by atoms with Crippen LogP contribution in [-0.4, -0.2) is 12.5 Å². The minimum absolute atomic E-state index is 0.133. The molecule has 1 aromatic rings. The monoisotopic (exact) mass is 209 g/mol. The van der Waals surface area contributed by atoms with Crippen molar-refractivity contribution in [2.24, 2.45) is 0 Å². The molecule has 1 aromatic carbocycles. The van der Waals surface area contributed by atoms with Crippen molar-refractivity contribution in [2.75, 3.05) is 6.54 Å². The fourth-order valence-electron chi connectivity index (χ4n) is 1.00. The first-order valence-corrected chi connectivity index (χ1v) is 4.68. The van der Waals surface area contributed by atoms with Gasteiger partial charge in [0.05, 0.1) is 0 Å². The number of benzene rings is 1. The molecule has 2 nitrogen and oxygen atoms in total. The van der Waals surface area contributed by atoms with Gasteiger partial charge in [-0.2, -0.15) is 0 Å². The third-order valence-corrected chi connectivity index (χ3v) is 2.25. The molecule has 14 heavy (non-hydrogen) atoms. The van der Waals surface area contributed by atoms with Crippen LogP contribution in [-0.2, 0) is 0 Å². The summed E-state index contributed by atoms with van der Waals surface area (Å²) in [6.07, 6.45) is 1.63. The predicted molar refractivity (Wildman–Crippen MR) is 58.7 cm³/mol. The average Bonchev–Trinajstić information content (AvgIpc) is 2.18. The molecule has 0 spiro atoms. The molecule has 0 heterocycles. The van der Waals surface area contributed by atoms with Crippen molar-refractivity contribution in [2.45, 2.75) is 6.92 Å². The Morgan fingerprint density at radius 3 is 2.93 bits per heavy atom. The molecule has 74 valence electrons. The highest BCUT2D eigenvalue weighted by molar-refractivity contribution is 6.31. The van der Waals surface area contributed by atoms with Gasteiger partial charge in [-0.25, -0.2) is 0 Å². The van der Waals surface area contributed by atoms with Crippen LogP contribution < -0.4 is 5.32 Å². The quantitative estimate of drug-likeness (QED) is 0.762. The number of nitrogens with one attached hydrogen (secondary N) is 1. The molecule has 0 aliphatic carbocycles. The van der Waals surface area contributed by atoms with Crippen LogP contribution in [0, 0.1) is 6.92 Å². The lowest BCUT2D eigenvalue weighted by Crippen LogP contribution is -2.23. The van der Waals surface area contributed by atoms with Crippen LogP contribution in [0.5, 0.6) is 0 Å². The van der Waals surface area contributed by atoms with Gasteiger partial charge in [0.1, 0.15) is 0 Å². The molecule has 1 N–H and O–H groups in total. The van der Waals surface area contributed by atoms with Crippen molar-refractivity contribution in [1.82, 2.24) is 5.32 Å². The zero-order valence-electron chi connectivity index (χ0n) is 8.01. The largest absolute Gasteiger partial charge is 0.349 e. The minimum Gasteiger partial charge on any atom is -0.349 e. The third kappa shape index (κ3) is 2.60. The zero-order valence-corrected chi connectivity index (χ0v) is 8.77. The fourth-order valence-corrected chi connectivity index (χ4v) is 1.18. The smallest absolute Gasteiger partial charge is 0.251 e. The molecule has 0 unspecified atom stereocenters. The molecular formula is C11H12ClNO. The molecule has 0 saturated carbocycles. The van der Waals surface area contributed by atoms with E-state index < -0.39 is 0 Å². The summed E-state index contributed by atoms with van der Waals surface area (Å²) in [6, 6.07) is 5.24. The van der Waals surface area contributed by atoms with Crippen molar-refractivity contribution in [3.63, 3.8) is 0 Å². The number of aryl methyl sites for hydroxylation is 1. The normalized spacial score (nSPS) is 9.57. The average molecular weight is 210 g/mol. The van der Waals surface area contributed by atoms with E-state index >= 15 is 0 Å². The van der Waals surface area contributed by atoms with Gasteiger partial charge in [-0.3, -0.25) is 4.79 Å². The van der Waals surface area contributed by atoms with E-state index in [0.29, 0.717) is 17.1 Å². The number of hydrogen-bond acceptors (Lipinski definition) is 1. The zero-order chi connectivity index (χ0) is 10.6. The van der Waals surface area contributed by atoms with Crippen LogP contribution >= 0.6 is 11.6 Å². The molecule has 0 bridgehead atoms. The van der Waals surface area contributed by atoms with Gasteiger partial charge in [0.25, 0.3) is 5.91 Å². The number of carbonyl (C=O) groups is 1. The highest BCUT2D eigenvalue weighted by Crippen LogP contribution is 2.16. The van der Waals surface area contributed by atoms with Gasteiger partial charge in [0.2, 0.25) is 0 Å². The van der Waals surface area contributed by atoms with E-state index in [2.05, 4.69) is 11.9 Å². The molecule has 1 amide bonds. The topological polar surface area (TPSA) is 29.1 Å². The van der Waals surface area contributed by atoms with Crippen molar-refractivity contribution in [3.05, 3.63) is 47.0 Å². The first-order chi connectivity index (χ1) is 6.65. The van der Waals surface area contributed by atoms with Crippen LogP contribution in [0.25, 0.3) is 0 Å². The number of hydrogen-bond donors (Lipinski definition) is 1.